The number of ether oxygens (including phenoxy) is 1. The number of hydrogen-bond acceptors (Lipinski definition) is 2. The molecule has 0 aromatic heterocycles. The highest BCUT2D eigenvalue weighted by Crippen LogP contribution is 2.23. The van der Waals surface area contributed by atoms with Crippen molar-refractivity contribution in [2.45, 2.75) is 44.4 Å². The van der Waals surface area contributed by atoms with E-state index in [-0.39, 0.29) is 12.1 Å². The fourth-order valence-electron chi connectivity index (χ4n) is 2.22. The normalized spacial score (nSPS) is 26.9. The predicted molar refractivity (Wildman–Crippen MR) is 69.4 cm³/mol. The number of halogens is 1. The van der Waals surface area contributed by atoms with E-state index in [1.54, 1.807) is 0 Å². The predicted octanol–water partition coefficient (Wildman–Crippen LogP) is 2.89. The molecule has 0 amide bonds. The average Bonchev–Trinajstić information content (AvgIpc) is 2.65. The molecule has 3 heteroatoms. The molecule has 3 unspecified atom stereocenters. The van der Waals surface area contributed by atoms with Gasteiger partial charge in [-0.05, 0) is 43.9 Å². The first kappa shape index (κ1) is 12.1. The number of nitrogens with two attached hydrogens (primary N) is 1. The van der Waals surface area contributed by atoms with Crippen molar-refractivity contribution in [2.75, 3.05) is 0 Å². The Morgan fingerprint density at radius 3 is 2.94 bits per heavy atom. The van der Waals surface area contributed by atoms with Crippen molar-refractivity contribution < 1.29 is 4.74 Å². The van der Waals surface area contributed by atoms with E-state index in [2.05, 4.69) is 35.0 Å². The maximum Gasteiger partial charge on any atom is 0.0733 e. The minimum atomic E-state index is 0.110. The fourth-order valence-corrected chi connectivity index (χ4v) is 2.66. The van der Waals surface area contributed by atoms with E-state index in [4.69, 9.17) is 10.5 Å². The quantitative estimate of drug-likeness (QED) is 0.926. The van der Waals surface area contributed by atoms with Crippen molar-refractivity contribution in [3.8, 4) is 0 Å². The molecule has 1 fully saturated rings. The van der Waals surface area contributed by atoms with Crippen LogP contribution in [0.3, 0.4) is 0 Å². The maximum absolute atomic E-state index is 6.18. The molecule has 1 aliphatic heterocycles. The first-order chi connectivity index (χ1) is 7.65. The Morgan fingerprint density at radius 2 is 2.31 bits per heavy atom. The molecule has 0 bridgehead atoms. The molecule has 0 radical (unpaired) electrons. The summed E-state index contributed by atoms with van der Waals surface area (Å²) in [7, 11) is 0. The van der Waals surface area contributed by atoms with E-state index < -0.39 is 0 Å². The Kier molecular flexibility index (Phi) is 4.00. The molecule has 1 aromatic rings. The summed E-state index contributed by atoms with van der Waals surface area (Å²) >= 11 is 3.47. The first-order valence-electron chi connectivity index (χ1n) is 5.80. The Bertz CT molecular complexity index is 356. The van der Waals surface area contributed by atoms with Gasteiger partial charge in [-0.15, -0.1) is 0 Å². The number of benzene rings is 1. The van der Waals surface area contributed by atoms with Gasteiger partial charge in [0, 0.05) is 10.5 Å². The number of hydrogen-bond donors (Lipinski definition) is 1. The molecule has 16 heavy (non-hydrogen) atoms. The van der Waals surface area contributed by atoms with Gasteiger partial charge in [0.2, 0.25) is 0 Å². The van der Waals surface area contributed by atoms with Crippen LogP contribution < -0.4 is 5.73 Å². The van der Waals surface area contributed by atoms with Crippen molar-refractivity contribution in [3.63, 3.8) is 0 Å². The van der Waals surface area contributed by atoms with Gasteiger partial charge in [-0.2, -0.15) is 0 Å². The molecule has 0 saturated carbocycles. The van der Waals surface area contributed by atoms with Crippen LogP contribution in [0.1, 0.15) is 25.3 Å². The molecule has 3 atom stereocenters. The van der Waals surface area contributed by atoms with Gasteiger partial charge in [0.15, 0.2) is 0 Å². The zero-order valence-corrected chi connectivity index (χ0v) is 11.1. The third-order valence-corrected chi connectivity index (χ3v) is 3.60. The minimum absolute atomic E-state index is 0.110. The zero-order valence-electron chi connectivity index (χ0n) is 9.53. The zero-order chi connectivity index (χ0) is 11.5. The SMILES string of the molecule is CC1CCC(C(N)Cc2cccc(Br)c2)O1. The van der Waals surface area contributed by atoms with E-state index in [0.717, 1.165) is 23.7 Å². The Hall–Kier alpha value is -0.380. The fraction of sp³-hybridized carbons (Fsp3) is 0.538. The van der Waals surface area contributed by atoms with Gasteiger partial charge in [-0.1, -0.05) is 28.1 Å². The molecule has 2 nitrogen and oxygen atoms in total. The molecule has 2 N–H and O–H groups in total. The second-order valence-corrected chi connectivity index (χ2v) is 5.48. The lowest BCUT2D eigenvalue weighted by molar-refractivity contribution is 0.0404. The van der Waals surface area contributed by atoms with Crippen LogP contribution in [0, 0.1) is 0 Å². The summed E-state index contributed by atoms with van der Waals surface area (Å²) in [6.07, 6.45) is 3.72. The molecular formula is C13H18BrNO. The van der Waals surface area contributed by atoms with Crippen LogP contribution in [0.2, 0.25) is 0 Å². The van der Waals surface area contributed by atoms with Crippen molar-refractivity contribution in [1.29, 1.82) is 0 Å². The second kappa shape index (κ2) is 5.30. The molecule has 1 heterocycles. The molecule has 88 valence electrons. The first-order valence-corrected chi connectivity index (χ1v) is 6.60. The Morgan fingerprint density at radius 1 is 1.50 bits per heavy atom. The van der Waals surface area contributed by atoms with Crippen LogP contribution >= 0.6 is 15.9 Å². The maximum atomic E-state index is 6.18. The van der Waals surface area contributed by atoms with E-state index in [1.165, 1.54) is 5.56 Å². The highest BCUT2D eigenvalue weighted by molar-refractivity contribution is 9.10. The summed E-state index contributed by atoms with van der Waals surface area (Å²) in [5, 5.41) is 0. The molecule has 1 aromatic carbocycles. The lowest BCUT2D eigenvalue weighted by Gasteiger charge is -2.19. The highest BCUT2D eigenvalue weighted by atomic mass is 79.9. The van der Waals surface area contributed by atoms with Gasteiger partial charge in [0.05, 0.1) is 12.2 Å². The van der Waals surface area contributed by atoms with Gasteiger partial charge in [-0.25, -0.2) is 0 Å². The van der Waals surface area contributed by atoms with Crippen molar-refractivity contribution in [3.05, 3.63) is 34.3 Å². The van der Waals surface area contributed by atoms with Gasteiger partial charge in [0.1, 0.15) is 0 Å². The smallest absolute Gasteiger partial charge is 0.0733 e. The lowest BCUT2D eigenvalue weighted by atomic mass is 10.0. The molecule has 0 spiro atoms. The van der Waals surface area contributed by atoms with Crippen LogP contribution in [-0.2, 0) is 11.2 Å². The highest BCUT2D eigenvalue weighted by Gasteiger charge is 2.27. The van der Waals surface area contributed by atoms with Crippen molar-refractivity contribution >= 4 is 15.9 Å². The van der Waals surface area contributed by atoms with Crippen molar-refractivity contribution in [2.24, 2.45) is 5.73 Å². The van der Waals surface area contributed by atoms with Crippen LogP contribution in [0.4, 0.5) is 0 Å². The van der Waals surface area contributed by atoms with Gasteiger partial charge in [0.25, 0.3) is 0 Å². The molecular weight excluding hydrogens is 266 g/mol. The summed E-state index contributed by atoms with van der Waals surface area (Å²) in [4.78, 5) is 0. The minimum Gasteiger partial charge on any atom is -0.374 e. The topological polar surface area (TPSA) is 35.2 Å². The molecule has 2 rings (SSSR count). The summed E-state index contributed by atoms with van der Waals surface area (Å²) < 4.78 is 6.90. The molecule has 1 saturated heterocycles. The standard InChI is InChI=1S/C13H18BrNO/c1-9-5-6-13(16-9)12(15)8-10-3-2-4-11(14)7-10/h2-4,7,9,12-13H,5-6,8,15H2,1H3. The Labute approximate surface area is 105 Å². The summed E-state index contributed by atoms with van der Waals surface area (Å²) in [5.74, 6) is 0. The third-order valence-electron chi connectivity index (χ3n) is 3.10. The summed E-state index contributed by atoms with van der Waals surface area (Å²) in [5.41, 5.74) is 7.45. The van der Waals surface area contributed by atoms with Gasteiger partial charge in [-0.3, -0.25) is 0 Å². The molecule has 0 aliphatic carbocycles. The van der Waals surface area contributed by atoms with E-state index in [0.29, 0.717) is 6.10 Å². The van der Waals surface area contributed by atoms with E-state index in [9.17, 15) is 0 Å². The summed E-state index contributed by atoms with van der Waals surface area (Å²) in [6, 6.07) is 8.42. The van der Waals surface area contributed by atoms with Gasteiger partial charge < -0.3 is 10.5 Å². The van der Waals surface area contributed by atoms with Crippen LogP contribution in [-0.4, -0.2) is 18.2 Å². The van der Waals surface area contributed by atoms with E-state index >= 15 is 0 Å². The van der Waals surface area contributed by atoms with Crippen LogP contribution in [0.5, 0.6) is 0 Å². The average molecular weight is 284 g/mol. The lowest BCUT2D eigenvalue weighted by Crippen LogP contribution is -2.36. The van der Waals surface area contributed by atoms with Gasteiger partial charge >= 0.3 is 0 Å². The number of rotatable bonds is 3. The summed E-state index contributed by atoms with van der Waals surface area (Å²) in [6.45, 7) is 2.12. The monoisotopic (exact) mass is 283 g/mol. The van der Waals surface area contributed by atoms with Crippen LogP contribution in [0.15, 0.2) is 28.7 Å². The third kappa shape index (κ3) is 3.06. The van der Waals surface area contributed by atoms with Crippen LogP contribution in [0.25, 0.3) is 0 Å². The Balaban J connectivity index is 1.94. The second-order valence-electron chi connectivity index (χ2n) is 4.56. The largest absolute Gasteiger partial charge is 0.374 e. The van der Waals surface area contributed by atoms with E-state index in [1.807, 2.05) is 12.1 Å². The molecule has 1 aliphatic rings. The van der Waals surface area contributed by atoms with Crippen molar-refractivity contribution in [1.82, 2.24) is 0 Å².